The molecule has 7 heteroatoms. The highest BCUT2D eigenvalue weighted by atomic mass is 19.1. The molecule has 0 bridgehead atoms. The summed E-state index contributed by atoms with van der Waals surface area (Å²) in [6.07, 6.45) is 0. The van der Waals surface area contributed by atoms with Crippen molar-refractivity contribution >= 4 is 34.6 Å². The van der Waals surface area contributed by atoms with E-state index in [1.807, 2.05) is 87.4 Å². The van der Waals surface area contributed by atoms with Crippen molar-refractivity contribution in [2.24, 2.45) is 4.99 Å². The Bertz CT molecular complexity index is 1250. The number of benzene rings is 3. The first-order chi connectivity index (χ1) is 16.7. The van der Waals surface area contributed by atoms with Crippen LogP contribution in [0.5, 0.6) is 0 Å². The number of hydrogen-bond acceptors (Lipinski definition) is 4. The van der Waals surface area contributed by atoms with Crippen molar-refractivity contribution in [1.82, 2.24) is 4.90 Å². The molecular formula is C28H29FN4O2. The summed E-state index contributed by atoms with van der Waals surface area (Å²) in [5.74, 6) is -1.30. The summed E-state index contributed by atoms with van der Waals surface area (Å²) in [7, 11) is 3.73. The number of rotatable bonds is 7. The van der Waals surface area contributed by atoms with Gasteiger partial charge in [-0.15, -0.1) is 0 Å². The van der Waals surface area contributed by atoms with Gasteiger partial charge in [0.15, 0.2) is 0 Å². The number of nitrogens with zero attached hydrogens (tertiary/aromatic N) is 3. The Hall–Kier alpha value is -3.84. The number of carbonyl (C=O) groups excluding carboxylic acids is 2. The topological polar surface area (TPSA) is 65.0 Å². The van der Waals surface area contributed by atoms with E-state index in [1.165, 1.54) is 12.1 Å². The molecular weight excluding hydrogens is 443 g/mol. The Morgan fingerprint density at radius 1 is 1.03 bits per heavy atom. The number of anilines is 2. The summed E-state index contributed by atoms with van der Waals surface area (Å²) in [5, 5.41) is 2.78. The normalized spacial score (nSPS) is 15.3. The lowest BCUT2D eigenvalue weighted by Gasteiger charge is -2.28. The van der Waals surface area contributed by atoms with Gasteiger partial charge in [-0.05, 0) is 75.5 Å². The lowest BCUT2D eigenvalue weighted by molar-refractivity contribution is -0.119. The molecule has 3 aromatic rings. The van der Waals surface area contributed by atoms with E-state index in [4.69, 9.17) is 4.99 Å². The van der Waals surface area contributed by atoms with Crippen molar-refractivity contribution in [2.45, 2.75) is 25.8 Å². The molecule has 0 aliphatic carbocycles. The predicted molar refractivity (Wildman–Crippen MR) is 138 cm³/mol. The van der Waals surface area contributed by atoms with Crippen LogP contribution in [0.4, 0.5) is 21.5 Å². The van der Waals surface area contributed by atoms with Gasteiger partial charge in [0.25, 0.3) is 0 Å². The third kappa shape index (κ3) is 5.30. The van der Waals surface area contributed by atoms with Crippen LogP contribution in [0.2, 0.25) is 0 Å². The van der Waals surface area contributed by atoms with Crippen LogP contribution >= 0.6 is 0 Å². The zero-order chi connectivity index (χ0) is 25.1. The van der Waals surface area contributed by atoms with Crippen LogP contribution in [0.3, 0.4) is 0 Å². The minimum Gasteiger partial charge on any atom is -0.325 e. The molecule has 1 aliphatic rings. The van der Waals surface area contributed by atoms with Gasteiger partial charge in [-0.2, -0.15) is 0 Å². The maximum Gasteiger partial charge on any atom is 0.241 e. The van der Waals surface area contributed by atoms with Gasteiger partial charge >= 0.3 is 0 Å². The average Bonchev–Trinajstić information content (AvgIpc) is 3.13. The van der Waals surface area contributed by atoms with Crippen LogP contribution in [0.15, 0.2) is 77.8 Å². The lowest BCUT2D eigenvalue weighted by atomic mass is 9.90. The maximum atomic E-state index is 13.8. The van der Waals surface area contributed by atoms with E-state index in [1.54, 1.807) is 11.0 Å². The monoisotopic (exact) mass is 472 g/mol. The summed E-state index contributed by atoms with van der Waals surface area (Å²) in [6, 6.07) is 21.2. The maximum absolute atomic E-state index is 13.8. The fraction of sp³-hybridized carbons (Fsp3) is 0.250. The fourth-order valence-electron chi connectivity index (χ4n) is 4.31. The Morgan fingerprint density at radius 2 is 1.71 bits per heavy atom. The highest BCUT2D eigenvalue weighted by Crippen LogP contribution is 2.37. The summed E-state index contributed by atoms with van der Waals surface area (Å²) >= 11 is 0. The SMILES string of the molecule is CC(C)N(C(=O)CN(C)C)c1ccc(N=C(c2ccccc2)C2C(=O)Nc3cc(F)ccc32)cc1. The number of fused-ring (bicyclic) bond motifs is 1. The Labute approximate surface area is 205 Å². The molecule has 1 aliphatic heterocycles. The van der Waals surface area contributed by atoms with Gasteiger partial charge in [0, 0.05) is 17.4 Å². The minimum absolute atomic E-state index is 0.00392. The smallest absolute Gasteiger partial charge is 0.241 e. The number of likely N-dealkylation sites (N-methyl/N-ethyl adjacent to an activating group) is 1. The first kappa shape index (κ1) is 24.3. The molecule has 6 nitrogen and oxygen atoms in total. The number of hydrogen-bond donors (Lipinski definition) is 1. The van der Waals surface area contributed by atoms with Gasteiger partial charge in [0.05, 0.1) is 17.9 Å². The van der Waals surface area contributed by atoms with Crippen LogP contribution in [0.1, 0.15) is 30.9 Å². The molecule has 0 spiro atoms. The van der Waals surface area contributed by atoms with Crippen LogP contribution < -0.4 is 10.2 Å². The van der Waals surface area contributed by atoms with E-state index < -0.39 is 11.7 Å². The highest BCUT2D eigenvalue weighted by molar-refractivity contribution is 6.24. The van der Waals surface area contributed by atoms with Crippen molar-refractivity contribution < 1.29 is 14.0 Å². The predicted octanol–water partition coefficient (Wildman–Crippen LogP) is 4.99. The van der Waals surface area contributed by atoms with Gasteiger partial charge in [-0.1, -0.05) is 36.4 Å². The van der Waals surface area contributed by atoms with Crippen molar-refractivity contribution in [3.63, 3.8) is 0 Å². The quantitative estimate of drug-likeness (QED) is 0.493. The zero-order valence-electron chi connectivity index (χ0n) is 20.3. The second-order valence-electron chi connectivity index (χ2n) is 9.13. The standard InChI is InChI=1S/C28H29FN4O2/c1-18(2)33(25(34)17-32(3)4)22-13-11-21(12-14-22)30-27(19-8-6-5-7-9-19)26-23-15-10-20(29)16-24(23)31-28(26)35/h5-16,18,26H,17H2,1-4H3,(H,31,35). The lowest BCUT2D eigenvalue weighted by Crippen LogP contribution is -2.42. The molecule has 180 valence electrons. The van der Waals surface area contributed by atoms with Crippen LogP contribution in [0, 0.1) is 5.82 Å². The van der Waals surface area contributed by atoms with Gasteiger partial charge in [0.2, 0.25) is 11.8 Å². The van der Waals surface area contributed by atoms with E-state index in [2.05, 4.69) is 5.32 Å². The van der Waals surface area contributed by atoms with Crippen molar-refractivity contribution in [3.05, 3.63) is 89.7 Å². The van der Waals surface area contributed by atoms with Crippen molar-refractivity contribution in [3.8, 4) is 0 Å². The summed E-state index contributed by atoms with van der Waals surface area (Å²) in [5.41, 5.74) is 3.97. The molecule has 3 aromatic carbocycles. The average molecular weight is 473 g/mol. The summed E-state index contributed by atoms with van der Waals surface area (Å²) < 4.78 is 13.8. The van der Waals surface area contributed by atoms with Crippen molar-refractivity contribution in [2.75, 3.05) is 30.9 Å². The molecule has 0 radical (unpaired) electrons. The number of aliphatic imine (C=N–C) groups is 1. The fourth-order valence-corrected chi connectivity index (χ4v) is 4.31. The number of halogens is 1. The van der Waals surface area contributed by atoms with E-state index in [0.717, 1.165) is 11.3 Å². The molecule has 0 saturated heterocycles. The van der Waals surface area contributed by atoms with Gasteiger partial charge in [-0.25, -0.2) is 4.39 Å². The third-order valence-electron chi connectivity index (χ3n) is 5.80. The number of nitrogens with one attached hydrogen (secondary N) is 1. The van der Waals surface area contributed by atoms with E-state index in [0.29, 0.717) is 29.2 Å². The van der Waals surface area contributed by atoms with Gasteiger partial charge in [0.1, 0.15) is 11.7 Å². The first-order valence-electron chi connectivity index (χ1n) is 11.6. The largest absolute Gasteiger partial charge is 0.325 e. The molecule has 1 heterocycles. The molecule has 1 N–H and O–H groups in total. The second kappa shape index (κ2) is 10.2. The minimum atomic E-state index is -0.665. The van der Waals surface area contributed by atoms with Crippen LogP contribution in [0.25, 0.3) is 0 Å². The molecule has 0 fully saturated rings. The molecule has 2 amide bonds. The second-order valence-corrected chi connectivity index (χ2v) is 9.13. The first-order valence-corrected chi connectivity index (χ1v) is 11.6. The summed E-state index contributed by atoms with van der Waals surface area (Å²) in [4.78, 5) is 34.2. The molecule has 35 heavy (non-hydrogen) atoms. The number of amides is 2. The van der Waals surface area contributed by atoms with E-state index in [9.17, 15) is 14.0 Å². The molecule has 0 saturated carbocycles. The highest BCUT2D eigenvalue weighted by Gasteiger charge is 2.35. The van der Waals surface area contributed by atoms with E-state index in [-0.39, 0.29) is 17.9 Å². The molecule has 1 unspecified atom stereocenters. The Balaban J connectivity index is 1.73. The Kier molecular flexibility index (Phi) is 7.07. The number of carbonyl (C=O) groups is 2. The van der Waals surface area contributed by atoms with Gasteiger partial charge < -0.3 is 15.1 Å². The molecule has 1 atom stereocenters. The van der Waals surface area contributed by atoms with Crippen LogP contribution in [-0.2, 0) is 9.59 Å². The Morgan fingerprint density at radius 3 is 2.34 bits per heavy atom. The summed E-state index contributed by atoms with van der Waals surface area (Å²) in [6.45, 7) is 4.27. The van der Waals surface area contributed by atoms with Gasteiger partial charge in [-0.3, -0.25) is 14.6 Å². The molecule has 4 rings (SSSR count). The van der Waals surface area contributed by atoms with Crippen LogP contribution in [-0.4, -0.2) is 49.1 Å². The van der Waals surface area contributed by atoms with E-state index >= 15 is 0 Å². The third-order valence-corrected chi connectivity index (χ3v) is 5.80. The van der Waals surface area contributed by atoms with Crippen molar-refractivity contribution in [1.29, 1.82) is 0 Å². The zero-order valence-corrected chi connectivity index (χ0v) is 20.3. The molecule has 0 aromatic heterocycles.